The third kappa shape index (κ3) is 8.99. The molecule has 44 heavy (non-hydrogen) atoms. The van der Waals surface area contributed by atoms with Crippen molar-refractivity contribution >= 4 is 48.7 Å². The molecule has 0 saturated heterocycles. The zero-order valence-electron chi connectivity index (χ0n) is 24.8. The zero-order chi connectivity index (χ0) is 30.1. The molecule has 0 bridgehead atoms. The molecule has 2 radical (unpaired) electrons. The van der Waals surface area contributed by atoms with Gasteiger partial charge in [-0.3, -0.25) is 0 Å². The van der Waals surface area contributed by atoms with Crippen LogP contribution in [0.25, 0.3) is 0 Å². The minimum atomic E-state index is -0.877. The van der Waals surface area contributed by atoms with Crippen molar-refractivity contribution in [1.82, 2.24) is 0 Å². The molecular weight excluding hydrogens is 561 g/mol. The average molecular weight is 597 g/mol. The molecule has 0 aliphatic heterocycles. The Morgan fingerprint density at radius 2 is 0.273 bits per heavy atom. The van der Waals surface area contributed by atoms with Gasteiger partial charge in [0.2, 0.25) is 0 Å². The van der Waals surface area contributed by atoms with Gasteiger partial charge < -0.3 is 0 Å². The van der Waals surface area contributed by atoms with Crippen LogP contribution in [-0.2, 0) is 0 Å². The van der Waals surface area contributed by atoms with Crippen LogP contribution in [0.4, 0.5) is 0 Å². The summed E-state index contributed by atoms with van der Waals surface area (Å²) < 4.78 is 0. The monoisotopic (exact) mass is 596 g/mol. The lowest BCUT2D eigenvalue weighted by Gasteiger charge is -2.16. The van der Waals surface area contributed by atoms with Crippen molar-refractivity contribution in [2.75, 3.05) is 0 Å². The summed E-state index contributed by atoms with van der Waals surface area (Å²) in [4.78, 5) is 0. The lowest BCUT2D eigenvalue weighted by molar-refractivity contribution is 1.71. The molecule has 212 valence electrons. The molecule has 0 nitrogen and oxygen atoms in total. The first kappa shape index (κ1) is 30.4. The Morgan fingerprint density at radius 1 is 0.159 bits per heavy atom. The second-order valence-corrected chi connectivity index (χ2v) is 15.1. The van der Waals surface area contributed by atoms with Crippen molar-refractivity contribution in [3.63, 3.8) is 0 Å². The van der Waals surface area contributed by atoms with Gasteiger partial charge in [0.1, 0.15) is 0 Å². The van der Waals surface area contributed by atoms with Crippen LogP contribution in [0, 0.1) is 0 Å². The lowest BCUT2D eigenvalue weighted by atomic mass is 10.3. The van der Waals surface area contributed by atoms with Crippen LogP contribution >= 0.6 is 0 Å². The van der Waals surface area contributed by atoms with Gasteiger partial charge in [-0.05, 0) is 0 Å². The third-order valence-corrected chi connectivity index (χ3v) is 12.5. The Morgan fingerprint density at radius 3 is 0.409 bits per heavy atom. The molecule has 0 aliphatic carbocycles. The molecule has 0 spiro atoms. The standard InChI is InChI=1S/2C18H15Si.C6H6/c2*1-4-10-16(11-5-1)19(17-12-6-2-7-13-17)18-14-8-3-9-15-18;1-2-4-6-5-3-1/h2*1-15H;1-6H. The maximum atomic E-state index is 2.24. The van der Waals surface area contributed by atoms with E-state index in [2.05, 4.69) is 182 Å². The number of rotatable bonds is 6. The Kier molecular flexibility index (Phi) is 11.9. The van der Waals surface area contributed by atoms with Gasteiger partial charge in [0.25, 0.3) is 0 Å². The summed E-state index contributed by atoms with van der Waals surface area (Å²) in [7, 11) is -1.75. The Balaban J connectivity index is 0.000000147. The van der Waals surface area contributed by atoms with E-state index in [1.54, 1.807) is 0 Å². The average Bonchev–Trinajstić information content (AvgIpc) is 3.13. The summed E-state index contributed by atoms with van der Waals surface area (Å²) in [5, 5.41) is 8.61. The maximum absolute atomic E-state index is 2.24. The van der Waals surface area contributed by atoms with E-state index < -0.39 is 17.6 Å². The number of benzene rings is 7. The van der Waals surface area contributed by atoms with Gasteiger partial charge in [-0.15, -0.1) is 0 Å². The SMILES string of the molecule is c1ccc([Si](c2ccccc2)c2ccccc2)cc1.c1ccc([Si](c2ccccc2)c2ccccc2)cc1.c1ccccc1. The molecule has 0 heterocycles. The highest BCUT2D eigenvalue weighted by Gasteiger charge is 2.19. The van der Waals surface area contributed by atoms with E-state index in [9.17, 15) is 0 Å². The van der Waals surface area contributed by atoms with Crippen LogP contribution < -0.4 is 31.1 Å². The summed E-state index contributed by atoms with van der Waals surface area (Å²) in [5.41, 5.74) is 0. The van der Waals surface area contributed by atoms with E-state index in [1.807, 2.05) is 36.4 Å². The maximum Gasteiger partial charge on any atom is 0.154 e. The van der Waals surface area contributed by atoms with Gasteiger partial charge in [-0.25, -0.2) is 0 Å². The van der Waals surface area contributed by atoms with E-state index in [0.29, 0.717) is 0 Å². The highest BCUT2D eigenvalue weighted by molar-refractivity contribution is 6.96. The van der Waals surface area contributed by atoms with E-state index in [0.717, 1.165) is 0 Å². The smallest absolute Gasteiger partial charge is 0.0624 e. The summed E-state index contributed by atoms with van der Waals surface area (Å²) in [6, 6.07) is 77.0. The molecule has 7 aromatic carbocycles. The molecular formula is C42H36Si2. The second-order valence-electron chi connectivity index (χ2n) is 10.1. The molecule has 7 aromatic rings. The van der Waals surface area contributed by atoms with Gasteiger partial charge in [-0.2, -0.15) is 0 Å². The molecule has 0 saturated carbocycles. The van der Waals surface area contributed by atoms with Crippen molar-refractivity contribution < 1.29 is 0 Å². The number of hydrogen-bond donors (Lipinski definition) is 0. The lowest BCUT2D eigenvalue weighted by Crippen LogP contribution is -2.51. The predicted octanol–water partition coefficient (Wildman–Crippen LogP) is 6.09. The molecule has 7 rings (SSSR count). The van der Waals surface area contributed by atoms with Gasteiger partial charge in [0.05, 0.1) is 0 Å². The van der Waals surface area contributed by atoms with Crippen LogP contribution in [0.1, 0.15) is 0 Å². The third-order valence-electron chi connectivity index (χ3n) is 7.04. The van der Waals surface area contributed by atoms with Crippen molar-refractivity contribution in [2.45, 2.75) is 0 Å². The Labute approximate surface area is 266 Å². The molecule has 0 aromatic heterocycles. The fraction of sp³-hybridized carbons (Fsp3) is 0. The van der Waals surface area contributed by atoms with Gasteiger partial charge in [0.15, 0.2) is 17.6 Å². The topological polar surface area (TPSA) is 0 Å². The first-order valence-corrected chi connectivity index (χ1v) is 18.0. The highest BCUT2D eigenvalue weighted by Crippen LogP contribution is 1.97. The largest absolute Gasteiger partial charge is 0.154 e. The van der Waals surface area contributed by atoms with Crippen molar-refractivity contribution in [3.8, 4) is 0 Å². The summed E-state index contributed by atoms with van der Waals surface area (Å²) in [5.74, 6) is 0. The van der Waals surface area contributed by atoms with Crippen molar-refractivity contribution in [3.05, 3.63) is 218 Å². The van der Waals surface area contributed by atoms with E-state index in [-0.39, 0.29) is 0 Å². The van der Waals surface area contributed by atoms with Gasteiger partial charge >= 0.3 is 0 Å². The fourth-order valence-corrected chi connectivity index (χ4v) is 10.2. The van der Waals surface area contributed by atoms with Crippen LogP contribution in [-0.4, -0.2) is 17.6 Å². The normalized spacial score (nSPS) is 10.2. The second kappa shape index (κ2) is 17.2. The summed E-state index contributed by atoms with van der Waals surface area (Å²) in [6.07, 6.45) is 0. The quantitative estimate of drug-likeness (QED) is 0.161. The van der Waals surface area contributed by atoms with Crippen LogP contribution in [0.3, 0.4) is 0 Å². The predicted molar refractivity (Wildman–Crippen MR) is 194 cm³/mol. The van der Waals surface area contributed by atoms with Crippen LogP contribution in [0.5, 0.6) is 0 Å². The molecule has 0 N–H and O–H groups in total. The summed E-state index contributed by atoms with van der Waals surface area (Å²) in [6.45, 7) is 0. The van der Waals surface area contributed by atoms with Gasteiger partial charge in [0, 0.05) is 0 Å². The fourth-order valence-electron chi connectivity index (χ4n) is 5.01. The van der Waals surface area contributed by atoms with Crippen LogP contribution in [0.15, 0.2) is 218 Å². The van der Waals surface area contributed by atoms with E-state index in [1.165, 1.54) is 31.1 Å². The van der Waals surface area contributed by atoms with Crippen molar-refractivity contribution in [1.29, 1.82) is 0 Å². The first-order chi connectivity index (χ1) is 21.9. The number of hydrogen-bond acceptors (Lipinski definition) is 0. The first-order valence-electron chi connectivity index (χ1n) is 15.0. The van der Waals surface area contributed by atoms with Gasteiger partial charge in [-0.1, -0.05) is 250 Å². The summed E-state index contributed by atoms with van der Waals surface area (Å²) >= 11 is 0. The molecule has 0 atom stereocenters. The minimum absolute atomic E-state index is 0.877. The Bertz CT molecular complexity index is 1380. The van der Waals surface area contributed by atoms with E-state index >= 15 is 0 Å². The molecule has 0 amide bonds. The molecule has 0 fully saturated rings. The minimum Gasteiger partial charge on any atom is -0.0624 e. The molecule has 0 aliphatic rings. The molecule has 0 unspecified atom stereocenters. The zero-order valence-corrected chi connectivity index (χ0v) is 26.8. The van der Waals surface area contributed by atoms with Crippen LogP contribution in [0.2, 0.25) is 0 Å². The Hall–Kier alpha value is -5.03. The van der Waals surface area contributed by atoms with E-state index in [4.69, 9.17) is 0 Å². The van der Waals surface area contributed by atoms with Crippen molar-refractivity contribution in [2.24, 2.45) is 0 Å². The highest BCUT2D eigenvalue weighted by atomic mass is 28.3. The molecule has 2 heteroatoms.